The van der Waals surface area contributed by atoms with Crippen LogP contribution in [0, 0.1) is 5.92 Å². The second-order valence-corrected chi connectivity index (χ2v) is 5.10. The van der Waals surface area contributed by atoms with Crippen molar-refractivity contribution in [1.29, 1.82) is 0 Å². The average molecular weight is 236 g/mol. The molecule has 96 valence electrons. The van der Waals surface area contributed by atoms with Crippen LogP contribution in [-0.2, 0) is 6.54 Å². The first kappa shape index (κ1) is 12.4. The van der Waals surface area contributed by atoms with Gasteiger partial charge < -0.3 is 14.8 Å². The molecule has 1 saturated heterocycles. The Kier molecular flexibility index (Phi) is 4.42. The van der Waals surface area contributed by atoms with Crippen molar-refractivity contribution in [2.24, 2.45) is 5.92 Å². The summed E-state index contributed by atoms with van der Waals surface area (Å²) in [5, 5.41) is 3.38. The van der Waals surface area contributed by atoms with Gasteiger partial charge in [-0.15, -0.1) is 0 Å². The highest BCUT2D eigenvalue weighted by atomic mass is 15.2. The maximum absolute atomic E-state index is 4.38. The Morgan fingerprint density at radius 1 is 1.53 bits per heavy atom. The summed E-state index contributed by atoms with van der Waals surface area (Å²) in [6.45, 7) is 6.74. The summed E-state index contributed by atoms with van der Waals surface area (Å²) in [7, 11) is 2.22. The van der Waals surface area contributed by atoms with E-state index in [1.165, 1.54) is 25.9 Å². The fraction of sp³-hybridized carbons (Fsp3) is 0.769. The molecule has 2 rings (SSSR count). The largest absolute Gasteiger partial charge is 0.356 e. The van der Waals surface area contributed by atoms with Crippen molar-refractivity contribution in [3.05, 3.63) is 12.4 Å². The predicted molar refractivity (Wildman–Crippen MR) is 71.2 cm³/mol. The summed E-state index contributed by atoms with van der Waals surface area (Å²) in [6, 6.07) is 0. The van der Waals surface area contributed by atoms with Crippen molar-refractivity contribution in [3.8, 4) is 0 Å². The number of hydrogen-bond donors (Lipinski definition) is 1. The molecule has 17 heavy (non-hydrogen) atoms. The lowest BCUT2D eigenvalue weighted by molar-refractivity contribution is 0.195. The number of aromatic nitrogens is 2. The van der Waals surface area contributed by atoms with E-state index in [1.54, 1.807) is 0 Å². The second-order valence-electron chi connectivity index (χ2n) is 5.10. The van der Waals surface area contributed by atoms with Crippen molar-refractivity contribution < 1.29 is 0 Å². The minimum atomic E-state index is 0.769. The zero-order valence-electron chi connectivity index (χ0n) is 11.0. The van der Waals surface area contributed by atoms with Crippen LogP contribution >= 0.6 is 0 Å². The smallest absolute Gasteiger partial charge is 0.202 e. The Morgan fingerprint density at radius 3 is 3.18 bits per heavy atom. The molecule has 2 heterocycles. The molecule has 0 radical (unpaired) electrons. The standard InChI is InChI=1S/C13H24N4/c1-3-6-14-13-15-7-9-17(13)11-12-5-4-8-16(2)10-12/h7,9,12H,3-6,8,10-11H2,1-2H3,(H,14,15). The highest BCUT2D eigenvalue weighted by Crippen LogP contribution is 2.18. The first-order chi connectivity index (χ1) is 8.29. The highest BCUT2D eigenvalue weighted by Gasteiger charge is 2.18. The minimum Gasteiger partial charge on any atom is -0.356 e. The Hall–Kier alpha value is -1.03. The minimum absolute atomic E-state index is 0.769. The molecule has 1 aromatic rings. The molecule has 1 aromatic heterocycles. The third-order valence-electron chi connectivity index (χ3n) is 3.43. The molecular weight excluding hydrogens is 212 g/mol. The van der Waals surface area contributed by atoms with Gasteiger partial charge in [0.2, 0.25) is 5.95 Å². The molecule has 0 aliphatic carbocycles. The summed E-state index contributed by atoms with van der Waals surface area (Å²) in [5.41, 5.74) is 0. The number of likely N-dealkylation sites (tertiary alicyclic amines) is 1. The molecule has 4 heteroatoms. The van der Waals surface area contributed by atoms with Crippen molar-refractivity contribution >= 4 is 5.95 Å². The lowest BCUT2D eigenvalue weighted by Crippen LogP contribution is -2.34. The first-order valence-corrected chi connectivity index (χ1v) is 6.73. The van der Waals surface area contributed by atoms with Crippen LogP contribution in [0.15, 0.2) is 12.4 Å². The van der Waals surface area contributed by atoms with Gasteiger partial charge in [0.1, 0.15) is 0 Å². The normalized spacial score (nSPS) is 21.6. The van der Waals surface area contributed by atoms with Gasteiger partial charge in [-0.25, -0.2) is 4.98 Å². The van der Waals surface area contributed by atoms with Gasteiger partial charge in [-0.1, -0.05) is 6.92 Å². The number of imidazole rings is 1. The first-order valence-electron chi connectivity index (χ1n) is 6.73. The summed E-state index contributed by atoms with van der Waals surface area (Å²) in [4.78, 5) is 6.81. The molecule has 4 nitrogen and oxygen atoms in total. The van der Waals surface area contributed by atoms with Crippen molar-refractivity contribution in [1.82, 2.24) is 14.5 Å². The summed E-state index contributed by atoms with van der Waals surface area (Å²) in [5.74, 6) is 1.80. The number of rotatable bonds is 5. The van der Waals surface area contributed by atoms with Crippen molar-refractivity contribution in [3.63, 3.8) is 0 Å². The molecule has 0 saturated carbocycles. The van der Waals surface area contributed by atoms with Crippen LogP contribution in [-0.4, -0.2) is 41.1 Å². The molecule has 1 atom stereocenters. The Bertz CT molecular complexity index is 334. The van der Waals surface area contributed by atoms with E-state index in [0.717, 1.165) is 31.4 Å². The molecule has 0 spiro atoms. The van der Waals surface area contributed by atoms with E-state index in [4.69, 9.17) is 0 Å². The second kappa shape index (κ2) is 6.05. The number of nitrogens with zero attached hydrogens (tertiary/aromatic N) is 3. The predicted octanol–water partition coefficient (Wildman–Crippen LogP) is 2.05. The van der Waals surface area contributed by atoms with E-state index < -0.39 is 0 Å². The van der Waals surface area contributed by atoms with Crippen LogP contribution in [0.2, 0.25) is 0 Å². The van der Waals surface area contributed by atoms with E-state index in [9.17, 15) is 0 Å². The van der Waals surface area contributed by atoms with Crippen LogP contribution in [0.1, 0.15) is 26.2 Å². The van der Waals surface area contributed by atoms with Gasteiger partial charge in [0.05, 0.1) is 0 Å². The number of nitrogens with one attached hydrogen (secondary N) is 1. The maximum Gasteiger partial charge on any atom is 0.202 e. The van der Waals surface area contributed by atoms with E-state index in [2.05, 4.69) is 39.9 Å². The van der Waals surface area contributed by atoms with Crippen LogP contribution < -0.4 is 5.32 Å². The van der Waals surface area contributed by atoms with Gasteiger partial charge in [-0.05, 0) is 38.8 Å². The third-order valence-corrected chi connectivity index (χ3v) is 3.43. The van der Waals surface area contributed by atoms with Gasteiger partial charge in [-0.2, -0.15) is 0 Å². The molecule has 0 aromatic carbocycles. The molecule has 1 aliphatic heterocycles. The van der Waals surface area contributed by atoms with Gasteiger partial charge in [-0.3, -0.25) is 0 Å². The van der Waals surface area contributed by atoms with Gasteiger partial charge in [0, 0.05) is 32.0 Å². The molecule has 1 unspecified atom stereocenters. The Morgan fingerprint density at radius 2 is 2.41 bits per heavy atom. The SMILES string of the molecule is CCCNc1nccn1CC1CCCN(C)C1. The lowest BCUT2D eigenvalue weighted by Gasteiger charge is -2.30. The van der Waals surface area contributed by atoms with Crippen LogP contribution in [0.4, 0.5) is 5.95 Å². The number of anilines is 1. The van der Waals surface area contributed by atoms with Crippen LogP contribution in [0.3, 0.4) is 0 Å². The molecular formula is C13H24N4. The molecule has 0 bridgehead atoms. The topological polar surface area (TPSA) is 33.1 Å². The Labute approximate surface area is 104 Å². The van der Waals surface area contributed by atoms with E-state index in [1.807, 2.05) is 6.20 Å². The van der Waals surface area contributed by atoms with Crippen LogP contribution in [0.25, 0.3) is 0 Å². The van der Waals surface area contributed by atoms with Gasteiger partial charge in [0.25, 0.3) is 0 Å². The maximum atomic E-state index is 4.38. The zero-order valence-corrected chi connectivity index (χ0v) is 11.0. The van der Waals surface area contributed by atoms with E-state index in [-0.39, 0.29) is 0 Å². The number of piperidine rings is 1. The molecule has 1 aliphatic rings. The monoisotopic (exact) mass is 236 g/mol. The fourth-order valence-corrected chi connectivity index (χ4v) is 2.56. The molecule has 1 fully saturated rings. The van der Waals surface area contributed by atoms with Crippen LogP contribution in [0.5, 0.6) is 0 Å². The zero-order chi connectivity index (χ0) is 12.1. The van der Waals surface area contributed by atoms with Crippen molar-refractivity contribution in [2.45, 2.75) is 32.7 Å². The summed E-state index contributed by atoms with van der Waals surface area (Å²) >= 11 is 0. The molecule has 1 N–H and O–H groups in total. The summed E-state index contributed by atoms with van der Waals surface area (Å²) < 4.78 is 2.26. The van der Waals surface area contributed by atoms with E-state index in [0.29, 0.717) is 0 Å². The average Bonchev–Trinajstić information content (AvgIpc) is 2.74. The fourth-order valence-electron chi connectivity index (χ4n) is 2.56. The van der Waals surface area contributed by atoms with Gasteiger partial charge >= 0.3 is 0 Å². The van der Waals surface area contributed by atoms with Crippen molar-refractivity contribution in [2.75, 3.05) is 32.0 Å². The highest BCUT2D eigenvalue weighted by molar-refractivity contribution is 5.25. The Balaban J connectivity index is 1.91. The lowest BCUT2D eigenvalue weighted by atomic mass is 9.98. The quantitative estimate of drug-likeness (QED) is 0.849. The molecule has 0 amide bonds. The third kappa shape index (κ3) is 3.46. The number of hydrogen-bond acceptors (Lipinski definition) is 3. The van der Waals surface area contributed by atoms with Gasteiger partial charge in [0.15, 0.2) is 0 Å². The van der Waals surface area contributed by atoms with E-state index >= 15 is 0 Å². The summed E-state index contributed by atoms with van der Waals surface area (Å²) in [6.07, 6.45) is 7.79.